The lowest BCUT2D eigenvalue weighted by atomic mass is 10.2. The van der Waals surface area contributed by atoms with E-state index in [0.29, 0.717) is 42.9 Å². The van der Waals surface area contributed by atoms with Crippen LogP contribution in [0, 0.1) is 10.1 Å². The first kappa shape index (κ1) is 17.8. The highest BCUT2D eigenvalue weighted by atomic mass is 16.6. The highest BCUT2D eigenvalue weighted by molar-refractivity contribution is 5.92. The number of carbonyl (C=O) groups is 1. The fraction of sp³-hybridized carbons (Fsp3) is 0.333. The molecule has 1 aliphatic heterocycles. The average Bonchev–Trinajstić information content (AvgIpc) is 3.31. The number of nitro groups is 1. The standard InChI is InChI=1S/C18H19N5O5/c1-19-12-10-14(15(23(26)27)11-13(12)20(2)18(19)25)21-5-7-22(8-6-21)17(24)16-4-3-9-28-16/h3-4,9-11H,5-8H2,1-2H3. The Labute approximate surface area is 159 Å². The zero-order valence-electron chi connectivity index (χ0n) is 15.5. The van der Waals surface area contributed by atoms with Crippen molar-refractivity contribution in [1.82, 2.24) is 14.0 Å². The summed E-state index contributed by atoms with van der Waals surface area (Å²) in [6, 6.07) is 6.39. The van der Waals surface area contributed by atoms with Crippen molar-refractivity contribution < 1.29 is 14.1 Å². The number of carbonyl (C=O) groups excluding carboxylic acids is 1. The quantitative estimate of drug-likeness (QED) is 0.497. The summed E-state index contributed by atoms with van der Waals surface area (Å²) in [5, 5.41) is 11.6. The van der Waals surface area contributed by atoms with E-state index < -0.39 is 4.92 Å². The largest absolute Gasteiger partial charge is 0.459 e. The number of furan rings is 1. The number of aryl methyl sites for hydroxylation is 2. The van der Waals surface area contributed by atoms with Crippen LogP contribution in [0.1, 0.15) is 10.6 Å². The summed E-state index contributed by atoms with van der Waals surface area (Å²) in [5.74, 6) is 0.0835. The zero-order valence-corrected chi connectivity index (χ0v) is 15.5. The lowest BCUT2D eigenvalue weighted by Crippen LogP contribution is -2.48. The van der Waals surface area contributed by atoms with Gasteiger partial charge in [0.05, 0.1) is 22.2 Å². The van der Waals surface area contributed by atoms with E-state index in [2.05, 4.69) is 0 Å². The lowest BCUT2D eigenvalue weighted by Gasteiger charge is -2.35. The van der Waals surface area contributed by atoms with Crippen LogP contribution >= 0.6 is 0 Å². The number of nitrogens with zero attached hydrogens (tertiary/aromatic N) is 5. The summed E-state index contributed by atoms with van der Waals surface area (Å²) >= 11 is 0. The van der Waals surface area contributed by atoms with Gasteiger partial charge in [-0.25, -0.2) is 4.79 Å². The summed E-state index contributed by atoms with van der Waals surface area (Å²) in [4.78, 5) is 39.3. The van der Waals surface area contributed by atoms with E-state index >= 15 is 0 Å². The normalized spacial score (nSPS) is 14.6. The molecule has 28 heavy (non-hydrogen) atoms. The molecule has 0 unspecified atom stereocenters. The van der Waals surface area contributed by atoms with Crippen LogP contribution < -0.4 is 10.6 Å². The van der Waals surface area contributed by atoms with Gasteiger partial charge in [-0.1, -0.05) is 0 Å². The van der Waals surface area contributed by atoms with Gasteiger partial charge in [-0.15, -0.1) is 0 Å². The summed E-state index contributed by atoms with van der Waals surface area (Å²) in [5.41, 5.74) is 1.29. The molecule has 0 spiro atoms. The molecule has 1 fully saturated rings. The SMILES string of the molecule is Cn1c(=O)n(C)c2cc([N+](=O)[O-])c(N3CCN(C(=O)c4ccco4)CC3)cc21. The number of rotatable bonds is 3. The van der Waals surface area contributed by atoms with Gasteiger partial charge in [0.1, 0.15) is 5.69 Å². The van der Waals surface area contributed by atoms with Gasteiger partial charge in [0.15, 0.2) is 5.76 Å². The summed E-state index contributed by atoms with van der Waals surface area (Å²) < 4.78 is 8.02. The Morgan fingerprint density at radius 3 is 2.32 bits per heavy atom. The number of imidazole rings is 1. The third-order valence-electron chi connectivity index (χ3n) is 5.20. The number of nitro benzene ring substituents is 1. The third kappa shape index (κ3) is 2.73. The van der Waals surface area contributed by atoms with Crippen molar-refractivity contribution in [1.29, 1.82) is 0 Å². The highest BCUT2D eigenvalue weighted by Gasteiger charge is 2.28. The summed E-state index contributed by atoms with van der Waals surface area (Å²) in [6.45, 7) is 1.73. The smallest absolute Gasteiger partial charge is 0.328 e. The van der Waals surface area contributed by atoms with Crippen LogP contribution in [0.15, 0.2) is 39.7 Å². The maximum Gasteiger partial charge on any atom is 0.328 e. The topological polar surface area (TPSA) is 107 Å². The van der Waals surface area contributed by atoms with Gasteiger partial charge in [-0.2, -0.15) is 0 Å². The second-order valence-corrected chi connectivity index (χ2v) is 6.74. The van der Waals surface area contributed by atoms with E-state index in [1.54, 1.807) is 37.2 Å². The number of hydrogen-bond donors (Lipinski definition) is 0. The van der Waals surface area contributed by atoms with E-state index in [1.807, 2.05) is 4.90 Å². The molecule has 0 atom stereocenters. The zero-order chi connectivity index (χ0) is 20.0. The van der Waals surface area contributed by atoms with Crippen molar-refractivity contribution in [2.45, 2.75) is 0 Å². The molecule has 2 aromatic heterocycles. The van der Waals surface area contributed by atoms with Gasteiger partial charge in [0.25, 0.3) is 11.6 Å². The van der Waals surface area contributed by atoms with E-state index in [1.165, 1.54) is 21.5 Å². The first-order chi connectivity index (χ1) is 13.4. The number of hydrogen-bond acceptors (Lipinski definition) is 6. The number of anilines is 1. The van der Waals surface area contributed by atoms with Crippen molar-refractivity contribution >= 4 is 28.3 Å². The molecule has 1 amide bonds. The molecule has 0 radical (unpaired) electrons. The van der Waals surface area contributed by atoms with Crippen LogP contribution in [0.5, 0.6) is 0 Å². The van der Waals surface area contributed by atoms with E-state index in [9.17, 15) is 19.7 Å². The van der Waals surface area contributed by atoms with Gasteiger partial charge in [0.2, 0.25) is 0 Å². The lowest BCUT2D eigenvalue weighted by molar-refractivity contribution is -0.384. The minimum absolute atomic E-state index is 0.0560. The third-order valence-corrected chi connectivity index (χ3v) is 5.20. The Morgan fingerprint density at radius 1 is 1.11 bits per heavy atom. The molecular weight excluding hydrogens is 366 g/mol. The maximum atomic E-state index is 12.4. The van der Waals surface area contributed by atoms with E-state index in [0.717, 1.165) is 0 Å². The van der Waals surface area contributed by atoms with E-state index in [4.69, 9.17) is 4.42 Å². The van der Waals surface area contributed by atoms with E-state index in [-0.39, 0.29) is 23.0 Å². The van der Waals surface area contributed by atoms with Crippen LogP contribution in [0.4, 0.5) is 11.4 Å². The summed E-state index contributed by atoms with van der Waals surface area (Å²) in [7, 11) is 3.23. The second-order valence-electron chi connectivity index (χ2n) is 6.74. The van der Waals surface area contributed by atoms with Crippen LogP contribution in [0.3, 0.4) is 0 Å². The van der Waals surface area contributed by atoms with Gasteiger partial charge < -0.3 is 14.2 Å². The molecule has 0 bridgehead atoms. The molecule has 10 heteroatoms. The molecular formula is C18H19N5O5. The molecule has 10 nitrogen and oxygen atoms in total. The molecule has 0 N–H and O–H groups in total. The predicted octanol–water partition coefficient (Wildman–Crippen LogP) is 1.34. The van der Waals surface area contributed by atoms with Crippen molar-refractivity contribution in [3.63, 3.8) is 0 Å². The molecule has 1 aromatic carbocycles. The minimum Gasteiger partial charge on any atom is -0.459 e. The fourth-order valence-electron chi connectivity index (χ4n) is 3.63. The number of piperazine rings is 1. The molecule has 4 rings (SSSR count). The molecule has 0 saturated carbocycles. The first-order valence-corrected chi connectivity index (χ1v) is 8.80. The van der Waals surface area contributed by atoms with Gasteiger partial charge in [0, 0.05) is 46.3 Å². The number of benzene rings is 1. The fourth-order valence-corrected chi connectivity index (χ4v) is 3.63. The Bertz CT molecular complexity index is 1120. The molecule has 1 saturated heterocycles. The first-order valence-electron chi connectivity index (χ1n) is 8.80. The van der Waals surface area contributed by atoms with Crippen molar-refractivity contribution in [2.24, 2.45) is 14.1 Å². The molecule has 1 aliphatic rings. The Morgan fingerprint density at radius 2 is 1.75 bits per heavy atom. The van der Waals surface area contributed by atoms with Crippen LogP contribution in [0.2, 0.25) is 0 Å². The average molecular weight is 385 g/mol. The molecule has 0 aliphatic carbocycles. The maximum absolute atomic E-state index is 12.4. The van der Waals surface area contributed by atoms with Crippen molar-refractivity contribution in [2.75, 3.05) is 31.1 Å². The monoisotopic (exact) mass is 385 g/mol. The Balaban J connectivity index is 1.65. The number of aromatic nitrogens is 2. The molecule has 146 valence electrons. The van der Waals surface area contributed by atoms with Gasteiger partial charge in [-0.3, -0.25) is 24.0 Å². The van der Waals surface area contributed by atoms with Gasteiger partial charge >= 0.3 is 5.69 Å². The summed E-state index contributed by atoms with van der Waals surface area (Å²) in [6.07, 6.45) is 1.45. The van der Waals surface area contributed by atoms with Crippen molar-refractivity contribution in [3.8, 4) is 0 Å². The van der Waals surface area contributed by atoms with Crippen LogP contribution in [0.25, 0.3) is 11.0 Å². The van der Waals surface area contributed by atoms with Crippen molar-refractivity contribution in [3.05, 3.63) is 56.9 Å². The molecule has 3 aromatic rings. The van der Waals surface area contributed by atoms with Gasteiger partial charge in [-0.05, 0) is 18.2 Å². The highest BCUT2D eigenvalue weighted by Crippen LogP contribution is 2.33. The Hall–Kier alpha value is -3.56. The van der Waals surface area contributed by atoms with Crippen LogP contribution in [-0.4, -0.2) is 51.0 Å². The minimum atomic E-state index is -0.438. The second kappa shape index (κ2) is 6.55. The predicted molar refractivity (Wildman–Crippen MR) is 102 cm³/mol. The number of fused-ring (bicyclic) bond motifs is 1. The Kier molecular flexibility index (Phi) is 4.17. The molecule has 3 heterocycles. The number of amides is 1. The van der Waals surface area contributed by atoms with Crippen LogP contribution in [-0.2, 0) is 14.1 Å².